The third-order valence-corrected chi connectivity index (χ3v) is 5.86. The average molecular weight is 365 g/mol. The van der Waals surface area contributed by atoms with E-state index >= 15 is 0 Å². The van der Waals surface area contributed by atoms with Crippen molar-refractivity contribution in [2.45, 2.75) is 46.2 Å². The molecule has 3 heterocycles. The molecule has 0 unspecified atom stereocenters. The van der Waals surface area contributed by atoms with E-state index in [-0.39, 0.29) is 0 Å². The molecule has 5 heteroatoms. The van der Waals surface area contributed by atoms with Crippen LogP contribution in [0.3, 0.4) is 0 Å². The monoisotopic (exact) mass is 364 g/mol. The maximum Gasteiger partial charge on any atom is 0.128 e. The molecule has 0 spiro atoms. The highest BCUT2D eigenvalue weighted by Crippen LogP contribution is 2.29. The predicted octanol–water partition coefficient (Wildman–Crippen LogP) is 4.42. The van der Waals surface area contributed by atoms with Gasteiger partial charge < -0.3 is 0 Å². The van der Waals surface area contributed by atoms with Gasteiger partial charge in [0.15, 0.2) is 0 Å². The first kappa shape index (κ1) is 17.3. The van der Waals surface area contributed by atoms with Gasteiger partial charge >= 0.3 is 0 Å². The van der Waals surface area contributed by atoms with E-state index in [0.29, 0.717) is 0 Å². The number of thiazole rings is 1. The number of rotatable bonds is 5. The standard InChI is InChI=1S/C21H24N4S/c1-3-6-20-22-11-16-13-25(10-9-19(16)24-20)14-17-12-23-21(26-17)18-8-5-4-7-15(18)2/h4-5,7-8,11-12H,3,6,9-10,13-14H2,1-2H3. The Kier molecular flexibility index (Phi) is 5.09. The molecule has 4 rings (SSSR count). The van der Waals surface area contributed by atoms with Gasteiger partial charge in [0.2, 0.25) is 0 Å². The third kappa shape index (κ3) is 3.69. The maximum absolute atomic E-state index is 4.75. The molecule has 0 amide bonds. The molecular formula is C21H24N4S. The molecule has 1 aliphatic heterocycles. The Balaban J connectivity index is 1.45. The van der Waals surface area contributed by atoms with Crippen LogP contribution in [-0.4, -0.2) is 26.4 Å². The lowest BCUT2D eigenvalue weighted by Gasteiger charge is -2.27. The molecule has 0 N–H and O–H groups in total. The minimum atomic E-state index is 0.930. The minimum Gasteiger partial charge on any atom is -0.293 e. The van der Waals surface area contributed by atoms with E-state index in [1.165, 1.54) is 27.3 Å². The highest BCUT2D eigenvalue weighted by Gasteiger charge is 2.19. The van der Waals surface area contributed by atoms with E-state index in [9.17, 15) is 0 Å². The zero-order valence-corrected chi connectivity index (χ0v) is 16.2. The van der Waals surface area contributed by atoms with Crippen molar-refractivity contribution in [2.24, 2.45) is 0 Å². The smallest absolute Gasteiger partial charge is 0.128 e. The van der Waals surface area contributed by atoms with Crippen molar-refractivity contribution in [2.75, 3.05) is 6.54 Å². The highest BCUT2D eigenvalue weighted by atomic mass is 32.1. The fourth-order valence-corrected chi connectivity index (χ4v) is 4.48. The topological polar surface area (TPSA) is 41.9 Å². The lowest BCUT2D eigenvalue weighted by atomic mass is 10.1. The summed E-state index contributed by atoms with van der Waals surface area (Å²) in [5.74, 6) is 0.991. The summed E-state index contributed by atoms with van der Waals surface area (Å²) in [7, 11) is 0. The van der Waals surface area contributed by atoms with Crippen LogP contribution in [0.15, 0.2) is 36.7 Å². The number of fused-ring (bicyclic) bond motifs is 1. The molecule has 0 aliphatic carbocycles. The largest absolute Gasteiger partial charge is 0.293 e. The number of hydrogen-bond acceptors (Lipinski definition) is 5. The Morgan fingerprint density at radius 1 is 1.15 bits per heavy atom. The van der Waals surface area contributed by atoms with Crippen LogP contribution < -0.4 is 0 Å². The van der Waals surface area contributed by atoms with E-state index in [4.69, 9.17) is 4.98 Å². The van der Waals surface area contributed by atoms with Gasteiger partial charge in [-0.05, 0) is 18.9 Å². The van der Waals surface area contributed by atoms with Crippen LogP contribution in [0.5, 0.6) is 0 Å². The summed E-state index contributed by atoms with van der Waals surface area (Å²) < 4.78 is 0. The molecule has 0 fully saturated rings. The summed E-state index contributed by atoms with van der Waals surface area (Å²) in [6.07, 6.45) is 7.14. The molecule has 0 saturated carbocycles. The Bertz CT molecular complexity index is 903. The van der Waals surface area contributed by atoms with Gasteiger partial charge in [-0.2, -0.15) is 0 Å². The van der Waals surface area contributed by atoms with Crippen molar-refractivity contribution in [1.29, 1.82) is 0 Å². The first-order valence-electron chi connectivity index (χ1n) is 9.29. The molecule has 1 aromatic carbocycles. The van der Waals surface area contributed by atoms with Gasteiger partial charge in [0.05, 0.1) is 0 Å². The second-order valence-corrected chi connectivity index (χ2v) is 8.03. The number of nitrogens with zero attached hydrogens (tertiary/aromatic N) is 4. The highest BCUT2D eigenvalue weighted by molar-refractivity contribution is 7.15. The van der Waals surface area contributed by atoms with Crippen molar-refractivity contribution in [3.63, 3.8) is 0 Å². The van der Waals surface area contributed by atoms with Crippen LogP contribution in [-0.2, 0) is 25.9 Å². The Labute approximate surface area is 159 Å². The van der Waals surface area contributed by atoms with Crippen LogP contribution in [0.2, 0.25) is 0 Å². The summed E-state index contributed by atoms with van der Waals surface area (Å²) in [5, 5.41) is 1.11. The first-order valence-corrected chi connectivity index (χ1v) is 10.1. The van der Waals surface area contributed by atoms with Crippen molar-refractivity contribution in [3.05, 3.63) is 64.2 Å². The summed E-state index contributed by atoms with van der Waals surface area (Å²) >= 11 is 1.80. The maximum atomic E-state index is 4.75. The van der Waals surface area contributed by atoms with Crippen LogP contribution in [0.25, 0.3) is 10.6 Å². The lowest BCUT2D eigenvalue weighted by molar-refractivity contribution is 0.244. The molecular weight excluding hydrogens is 340 g/mol. The SMILES string of the molecule is CCCc1ncc2c(n1)CCN(Cc1cnc(-c3ccccc3C)s1)C2. The second-order valence-electron chi connectivity index (χ2n) is 6.92. The van der Waals surface area contributed by atoms with Crippen LogP contribution in [0, 0.1) is 6.92 Å². The lowest BCUT2D eigenvalue weighted by Crippen LogP contribution is -2.30. The van der Waals surface area contributed by atoms with Gasteiger partial charge in [-0.3, -0.25) is 4.90 Å². The molecule has 134 valence electrons. The summed E-state index contributed by atoms with van der Waals surface area (Å²) in [5.41, 5.74) is 5.04. The van der Waals surface area contributed by atoms with Crippen molar-refractivity contribution in [1.82, 2.24) is 19.9 Å². The molecule has 0 radical (unpaired) electrons. The number of aromatic nitrogens is 3. The van der Waals surface area contributed by atoms with Gasteiger partial charge in [0.25, 0.3) is 0 Å². The van der Waals surface area contributed by atoms with Gasteiger partial charge in [0.1, 0.15) is 10.8 Å². The molecule has 1 aliphatic rings. The Morgan fingerprint density at radius 3 is 2.88 bits per heavy atom. The van der Waals surface area contributed by atoms with Gasteiger partial charge in [0, 0.05) is 66.6 Å². The molecule has 26 heavy (non-hydrogen) atoms. The van der Waals surface area contributed by atoms with Crippen molar-refractivity contribution in [3.8, 4) is 10.6 Å². The first-order chi connectivity index (χ1) is 12.7. The van der Waals surface area contributed by atoms with E-state index in [1.54, 1.807) is 11.3 Å². The van der Waals surface area contributed by atoms with Gasteiger partial charge in [-0.15, -0.1) is 11.3 Å². The number of hydrogen-bond donors (Lipinski definition) is 0. The Hall–Kier alpha value is -2.11. The fourth-order valence-electron chi connectivity index (χ4n) is 3.43. The zero-order valence-electron chi connectivity index (χ0n) is 15.4. The third-order valence-electron chi connectivity index (χ3n) is 4.84. The molecule has 3 aromatic rings. The van der Waals surface area contributed by atoms with E-state index < -0.39 is 0 Å². The summed E-state index contributed by atoms with van der Waals surface area (Å²) in [6, 6.07) is 8.45. The minimum absolute atomic E-state index is 0.930. The van der Waals surface area contributed by atoms with E-state index in [1.807, 2.05) is 12.4 Å². The summed E-state index contributed by atoms with van der Waals surface area (Å²) in [4.78, 5) is 17.7. The zero-order chi connectivity index (χ0) is 17.9. The molecule has 4 nitrogen and oxygen atoms in total. The van der Waals surface area contributed by atoms with E-state index in [0.717, 1.165) is 49.7 Å². The van der Waals surface area contributed by atoms with Gasteiger partial charge in [-0.25, -0.2) is 15.0 Å². The summed E-state index contributed by atoms with van der Waals surface area (Å²) in [6.45, 7) is 7.24. The van der Waals surface area contributed by atoms with E-state index in [2.05, 4.69) is 53.0 Å². The normalized spacial score (nSPS) is 14.4. The van der Waals surface area contributed by atoms with Gasteiger partial charge in [-0.1, -0.05) is 31.2 Å². The Morgan fingerprint density at radius 2 is 2.04 bits per heavy atom. The number of benzene rings is 1. The molecule has 2 aromatic heterocycles. The molecule has 0 bridgehead atoms. The average Bonchev–Trinajstić information content (AvgIpc) is 3.11. The van der Waals surface area contributed by atoms with Crippen LogP contribution in [0.1, 0.15) is 40.9 Å². The van der Waals surface area contributed by atoms with Crippen LogP contribution >= 0.6 is 11.3 Å². The van der Waals surface area contributed by atoms with Crippen molar-refractivity contribution >= 4 is 11.3 Å². The quantitative estimate of drug-likeness (QED) is 0.672. The van der Waals surface area contributed by atoms with Crippen LogP contribution in [0.4, 0.5) is 0 Å². The molecule has 0 atom stereocenters. The van der Waals surface area contributed by atoms with Crippen molar-refractivity contribution < 1.29 is 0 Å². The number of aryl methyl sites for hydroxylation is 2. The second kappa shape index (κ2) is 7.64. The predicted molar refractivity (Wildman–Crippen MR) is 106 cm³/mol. The fraction of sp³-hybridized carbons (Fsp3) is 0.381. The molecule has 0 saturated heterocycles.